The summed E-state index contributed by atoms with van der Waals surface area (Å²) in [5.74, 6) is 0.621. The number of fused-ring (bicyclic) bond motifs is 1. The van der Waals surface area contributed by atoms with E-state index in [0.717, 1.165) is 15.2 Å². The fourth-order valence-corrected chi connectivity index (χ4v) is 6.08. The van der Waals surface area contributed by atoms with Gasteiger partial charge in [0.05, 0.1) is 42.0 Å². The lowest BCUT2D eigenvalue weighted by Gasteiger charge is -2.34. The molecule has 0 aliphatic carbocycles. The second-order valence-corrected chi connectivity index (χ2v) is 11.4. The maximum atomic E-state index is 13.1. The Kier molecular flexibility index (Phi) is 6.69. The summed E-state index contributed by atoms with van der Waals surface area (Å²) in [5, 5.41) is 18.7. The maximum absolute atomic E-state index is 13.1. The Balaban J connectivity index is 1.48. The SMILES string of the molecule is COc1ccc2c(N3CC(C)=[N+](Cc4cn(S(=O)(=O)c5ccccc5)nn4)C[C@@H]3C)c(C#N)c(=O)n(C)c2c1. The monoisotopic (exact) mass is 546 g/mol. The Morgan fingerprint density at radius 3 is 2.64 bits per heavy atom. The molecule has 0 amide bonds. The fourth-order valence-electron chi connectivity index (χ4n) is 4.97. The summed E-state index contributed by atoms with van der Waals surface area (Å²) in [6.07, 6.45) is 1.43. The summed E-state index contributed by atoms with van der Waals surface area (Å²) in [7, 11) is -0.611. The number of nitriles is 1. The Morgan fingerprint density at radius 2 is 1.95 bits per heavy atom. The summed E-state index contributed by atoms with van der Waals surface area (Å²) < 4.78 is 35.6. The van der Waals surface area contributed by atoms with E-state index in [-0.39, 0.29) is 22.1 Å². The van der Waals surface area contributed by atoms with Crippen molar-refractivity contribution in [3.8, 4) is 11.8 Å². The zero-order chi connectivity index (χ0) is 27.9. The van der Waals surface area contributed by atoms with Crippen LogP contribution in [0.25, 0.3) is 10.9 Å². The van der Waals surface area contributed by atoms with Crippen LogP contribution in [0.1, 0.15) is 25.1 Å². The van der Waals surface area contributed by atoms with Crippen molar-refractivity contribution in [2.45, 2.75) is 31.3 Å². The van der Waals surface area contributed by atoms with E-state index in [1.54, 1.807) is 38.4 Å². The van der Waals surface area contributed by atoms with Crippen molar-refractivity contribution in [1.29, 1.82) is 5.26 Å². The number of nitrogens with zero attached hydrogens (tertiary/aromatic N) is 7. The third-order valence-electron chi connectivity index (χ3n) is 7.09. The second kappa shape index (κ2) is 9.99. The molecule has 0 saturated heterocycles. The predicted octanol–water partition coefficient (Wildman–Crippen LogP) is 2.13. The molecule has 2 aromatic carbocycles. The molecule has 0 radical (unpaired) electrons. The first kappa shape index (κ1) is 26.1. The van der Waals surface area contributed by atoms with E-state index < -0.39 is 10.0 Å². The molecule has 0 N–H and O–H groups in total. The van der Waals surface area contributed by atoms with Gasteiger partial charge in [0.2, 0.25) is 0 Å². The van der Waals surface area contributed by atoms with Gasteiger partial charge in [-0.25, -0.2) is 4.58 Å². The lowest BCUT2D eigenvalue weighted by Crippen LogP contribution is -2.50. The number of anilines is 1. The molecule has 12 heteroatoms. The van der Waals surface area contributed by atoms with Crippen molar-refractivity contribution < 1.29 is 17.7 Å². The van der Waals surface area contributed by atoms with Crippen LogP contribution in [0.15, 0.2) is 64.4 Å². The number of rotatable bonds is 6. The number of pyridine rings is 1. The number of hydrogen-bond donors (Lipinski definition) is 0. The lowest BCUT2D eigenvalue weighted by molar-refractivity contribution is -0.550. The van der Waals surface area contributed by atoms with Gasteiger partial charge in [0.25, 0.3) is 15.6 Å². The molecule has 0 spiro atoms. The van der Waals surface area contributed by atoms with Crippen LogP contribution in [0.3, 0.4) is 0 Å². The van der Waals surface area contributed by atoms with Crippen LogP contribution in [-0.2, 0) is 23.6 Å². The van der Waals surface area contributed by atoms with Gasteiger partial charge < -0.3 is 14.2 Å². The number of aromatic nitrogens is 4. The normalized spacial score (nSPS) is 16.0. The van der Waals surface area contributed by atoms with E-state index in [1.165, 1.54) is 22.9 Å². The molecular weight excluding hydrogens is 518 g/mol. The predicted molar refractivity (Wildman–Crippen MR) is 146 cm³/mol. The minimum atomic E-state index is -3.83. The summed E-state index contributed by atoms with van der Waals surface area (Å²) in [5.41, 5.74) is 2.51. The molecule has 0 bridgehead atoms. The highest BCUT2D eigenvalue weighted by Crippen LogP contribution is 2.33. The van der Waals surface area contributed by atoms with E-state index in [4.69, 9.17) is 4.74 Å². The van der Waals surface area contributed by atoms with E-state index in [2.05, 4.69) is 25.9 Å². The lowest BCUT2D eigenvalue weighted by atomic mass is 10.0. The van der Waals surface area contributed by atoms with Crippen LogP contribution in [0.2, 0.25) is 0 Å². The standard InChI is InChI=1S/C27H28N7O4S/c1-18-15-33(26-23-11-10-21(38-4)12-25(23)31(3)27(35)24(26)13-28)19(2)14-32(18)16-20-17-34(30-29-20)39(36,37)22-8-6-5-7-9-22/h5-12,17,19H,14-16H2,1-4H3/q+1/t19-/m0/s1. The topological polar surface area (TPSA) is 126 Å². The molecule has 4 aromatic rings. The largest absolute Gasteiger partial charge is 0.497 e. The number of benzene rings is 2. The summed E-state index contributed by atoms with van der Waals surface area (Å²) in [4.78, 5) is 15.4. The number of ether oxygens (including phenoxy) is 1. The molecule has 0 unspecified atom stereocenters. The third kappa shape index (κ3) is 4.55. The first-order valence-corrected chi connectivity index (χ1v) is 13.8. The van der Waals surface area contributed by atoms with Gasteiger partial charge in [0.15, 0.2) is 18.8 Å². The first-order chi connectivity index (χ1) is 18.6. The minimum absolute atomic E-state index is 0.0682. The van der Waals surface area contributed by atoms with Crippen LogP contribution >= 0.6 is 0 Å². The van der Waals surface area contributed by atoms with Gasteiger partial charge in [-0.05, 0) is 31.2 Å². The van der Waals surface area contributed by atoms with Gasteiger partial charge in [0, 0.05) is 25.4 Å². The highest BCUT2D eigenvalue weighted by molar-refractivity contribution is 7.89. The van der Waals surface area contributed by atoms with Crippen LogP contribution in [0.4, 0.5) is 5.69 Å². The molecule has 0 fully saturated rings. The molecule has 200 valence electrons. The van der Waals surface area contributed by atoms with Crippen molar-refractivity contribution >= 4 is 32.3 Å². The van der Waals surface area contributed by atoms with Crippen molar-refractivity contribution in [2.24, 2.45) is 7.05 Å². The Morgan fingerprint density at radius 1 is 1.21 bits per heavy atom. The Hall–Kier alpha value is -4.50. The van der Waals surface area contributed by atoms with Gasteiger partial charge >= 0.3 is 0 Å². The van der Waals surface area contributed by atoms with Crippen LogP contribution in [0, 0.1) is 11.3 Å². The smallest absolute Gasteiger partial charge is 0.284 e. The molecule has 0 saturated carbocycles. The number of hydrogen-bond acceptors (Lipinski definition) is 8. The third-order valence-corrected chi connectivity index (χ3v) is 8.63. The molecule has 1 aliphatic rings. The molecule has 5 rings (SSSR count). The van der Waals surface area contributed by atoms with Crippen molar-refractivity contribution in [1.82, 2.24) is 19.0 Å². The van der Waals surface area contributed by atoms with Crippen molar-refractivity contribution in [3.63, 3.8) is 0 Å². The van der Waals surface area contributed by atoms with Crippen LogP contribution in [-0.4, -0.2) is 63.9 Å². The molecule has 2 aromatic heterocycles. The second-order valence-electron chi connectivity index (χ2n) is 9.58. The summed E-state index contributed by atoms with van der Waals surface area (Å²) in [6.45, 7) is 5.42. The van der Waals surface area contributed by atoms with Gasteiger partial charge in [-0.2, -0.15) is 13.7 Å². The number of aryl methyl sites for hydroxylation is 1. The first-order valence-electron chi connectivity index (χ1n) is 12.3. The minimum Gasteiger partial charge on any atom is -0.497 e. The Bertz CT molecular complexity index is 1820. The molecular formula is C27H28N7O4S+. The van der Waals surface area contributed by atoms with E-state index in [0.29, 0.717) is 42.3 Å². The highest BCUT2D eigenvalue weighted by atomic mass is 32.2. The molecule has 11 nitrogen and oxygen atoms in total. The van der Waals surface area contributed by atoms with Crippen LogP contribution < -0.4 is 15.2 Å². The van der Waals surface area contributed by atoms with Gasteiger partial charge in [-0.3, -0.25) is 4.79 Å². The highest BCUT2D eigenvalue weighted by Gasteiger charge is 2.33. The molecule has 3 heterocycles. The average molecular weight is 547 g/mol. The zero-order valence-electron chi connectivity index (χ0n) is 22.1. The van der Waals surface area contributed by atoms with E-state index in [1.807, 2.05) is 26.0 Å². The maximum Gasteiger partial charge on any atom is 0.284 e. The van der Waals surface area contributed by atoms with E-state index >= 15 is 0 Å². The summed E-state index contributed by atoms with van der Waals surface area (Å²) >= 11 is 0. The molecule has 1 aliphatic heterocycles. The molecule has 1 atom stereocenters. The fraction of sp³-hybridized carbons (Fsp3) is 0.296. The van der Waals surface area contributed by atoms with Gasteiger partial charge in [-0.1, -0.05) is 23.4 Å². The van der Waals surface area contributed by atoms with E-state index in [9.17, 15) is 18.5 Å². The van der Waals surface area contributed by atoms with Crippen molar-refractivity contribution in [3.05, 3.63) is 76.3 Å². The summed E-state index contributed by atoms with van der Waals surface area (Å²) in [6, 6.07) is 15.7. The van der Waals surface area contributed by atoms with Crippen LogP contribution in [0.5, 0.6) is 5.75 Å². The average Bonchev–Trinajstić information content (AvgIpc) is 3.42. The Labute approximate surface area is 225 Å². The zero-order valence-corrected chi connectivity index (χ0v) is 22.9. The van der Waals surface area contributed by atoms with Crippen molar-refractivity contribution in [2.75, 3.05) is 25.1 Å². The quantitative estimate of drug-likeness (QED) is 0.337. The molecule has 39 heavy (non-hydrogen) atoms. The van der Waals surface area contributed by atoms with Gasteiger partial charge in [-0.15, -0.1) is 9.19 Å². The van der Waals surface area contributed by atoms with Gasteiger partial charge in [0.1, 0.15) is 23.1 Å². The number of methoxy groups -OCH3 is 1.